The molecule has 2 rings (SSSR count). The van der Waals surface area contributed by atoms with Crippen LogP contribution in [0.5, 0.6) is 0 Å². The number of nitrogens with one attached hydrogen (secondary N) is 1. The molecule has 4 nitrogen and oxygen atoms in total. The Labute approximate surface area is 171 Å². The fourth-order valence-corrected chi connectivity index (χ4v) is 2.15. The Kier molecular flexibility index (Phi) is 7.62. The van der Waals surface area contributed by atoms with Crippen molar-refractivity contribution in [1.29, 1.82) is 0 Å². The molecule has 0 aliphatic carbocycles. The second-order valence-corrected chi connectivity index (χ2v) is 5.24. The second-order valence-electron chi connectivity index (χ2n) is 5.24. The van der Waals surface area contributed by atoms with Crippen LogP contribution in [-0.4, -0.2) is 17.0 Å². The maximum atomic E-state index is 12.5. The minimum atomic E-state index is -4.42. The molecule has 0 aliphatic heterocycles. The number of carboxylic acids is 1. The number of halogens is 3. The Bertz CT molecular complexity index is 836. The quantitative estimate of drug-likeness (QED) is 0.632. The summed E-state index contributed by atoms with van der Waals surface area (Å²) < 4.78 is 37.6. The number of amides is 1. The molecule has 1 amide bonds. The van der Waals surface area contributed by atoms with Crippen LogP contribution in [0.25, 0.3) is 5.57 Å². The van der Waals surface area contributed by atoms with Gasteiger partial charge in [-0.05, 0) is 42.3 Å². The first kappa shape index (κ1) is 22.0. The van der Waals surface area contributed by atoms with Crippen LogP contribution in [0.2, 0.25) is 0 Å². The molecule has 0 radical (unpaired) electrons. The molecule has 0 aromatic heterocycles. The first-order chi connectivity index (χ1) is 11.7. The molecular weight excluding hydrogens is 358 g/mol. The van der Waals surface area contributed by atoms with Crippen LogP contribution in [-0.2, 0) is 11.0 Å². The summed E-state index contributed by atoms with van der Waals surface area (Å²) in [5.41, 5.74) is 0.200. The number of anilines is 1. The van der Waals surface area contributed by atoms with Gasteiger partial charge in [-0.3, -0.25) is 4.79 Å². The van der Waals surface area contributed by atoms with Gasteiger partial charge in [-0.2, -0.15) is 13.2 Å². The number of hydrogen-bond acceptors (Lipinski definition) is 2. The molecule has 0 aliphatic rings. The van der Waals surface area contributed by atoms with E-state index in [0.29, 0.717) is 11.1 Å². The van der Waals surface area contributed by atoms with E-state index in [4.69, 9.17) is 5.11 Å². The number of rotatable bonds is 4. The van der Waals surface area contributed by atoms with E-state index < -0.39 is 23.6 Å². The number of alkyl halides is 3. The molecule has 132 valence electrons. The normalized spacial score (nSPS) is 11.5. The molecule has 0 fully saturated rings. The third-order valence-electron chi connectivity index (χ3n) is 3.43. The topological polar surface area (TPSA) is 66.4 Å². The van der Waals surface area contributed by atoms with Gasteiger partial charge in [-0.15, -0.1) is 0 Å². The van der Waals surface area contributed by atoms with E-state index in [1.54, 1.807) is 13.0 Å². The summed E-state index contributed by atoms with van der Waals surface area (Å²) in [6, 6.07) is 10.3. The molecular formula is C18H15F3NNaO3. The Morgan fingerprint density at radius 2 is 1.65 bits per heavy atom. The number of benzene rings is 2. The molecule has 0 unspecified atom stereocenters. The molecule has 0 atom stereocenters. The van der Waals surface area contributed by atoms with Crippen LogP contribution in [0.1, 0.15) is 29.8 Å². The predicted molar refractivity (Wildman–Crippen MR) is 88.2 cm³/mol. The van der Waals surface area contributed by atoms with E-state index in [0.717, 1.165) is 12.1 Å². The fraction of sp³-hybridized carbons (Fsp3) is 0.111. The van der Waals surface area contributed by atoms with Crippen molar-refractivity contribution in [2.75, 3.05) is 5.32 Å². The van der Waals surface area contributed by atoms with Crippen molar-refractivity contribution in [2.45, 2.75) is 13.1 Å². The zero-order valence-corrected chi connectivity index (χ0v) is 16.1. The van der Waals surface area contributed by atoms with Crippen LogP contribution in [0.15, 0.2) is 54.6 Å². The number of allylic oxidation sites excluding steroid dienone is 1. The van der Waals surface area contributed by atoms with Gasteiger partial charge in [0.2, 0.25) is 5.91 Å². The van der Waals surface area contributed by atoms with Crippen molar-refractivity contribution in [3.63, 3.8) is 0 Å². The molecule has 0 bridgehead atoms. The van der Waals surface area contributed by atoms with Gasteiger partial charge >= 0.3 is 41.7 Å². The second kappa shape index (κ2) is 9.02. The van der Waals surface area contributed by atoms with Crippen molar-refractivity contribution in [1.82, 2.24) is 0 Å². The summed E-state index contributed by atoms with van der Waals surface area (Å²) in [4.78, 5) is 23.1. The Morgan fingerprint density at radius 1 is 1.08 bits per heavy atom. The van der Waals surface area contributed by atoms with Gasteiger partial charge in [0.25, 0.3) is 0 Å². The van der Waals surface area contributed by atoms with Gasteiger partial charge in [-0.25, -0.2) is 4.79 Å². The predicted octanol–water partition coefficient (Wildman–Crippen LogP) is 1.56. The summed E-state index contributed by atoms with van der Waals surface area (Å²) in [6.07, 6.45) is -3.23. The van der Waals surface area contributed by atoms with Gasteiger partial charge < -0.3 is 11.8 Å². The fourth-order valence-electron chi connectivity index (χ4n) is 2.15. The Hall–Kier alpha value is -2.09. The Balaban J connectivity index is 0.00000338. The number of hydrogen-bond donors (Lipinski definition) is 2. The molecule has 0 heterocycles. The van der Waals surface area contributed by atoms with Crippen LogP contribution in [0.4, 0.5) is 18.9 Å². The molecule has 8 heteroatoms. The molecule has 0 saturated heterocycles. The molecule has 2 aromatic rings. The summed E-state index contributed by atoms with van der Waals surface area (Å²) >= 11 is 0. The minimum absolute atomic E-state index is 0. The van der Waals surface area contributed by atoms with E-state index in [-0.39, 0.29) is 42.2 Å². The van der Waals surface area contributed by atoms with Crippen molar-refractivity contribution in [2.24, 2.45) is 0 Å². The van der Waals surface area contributed by atoms with E-state index in [1.807, 2.05) is 0 Å². The first-order valence-electron chi connectivity index (χ1n) is 7.17. The third-order valence-corrected chi connectivity index (χ3v) is 3.43. The zero-order valence-electron chi connectivity index (χ0n) is 15.1. The van der Waals surface area contributed by atoms with Gasteiger partial charge in [0.15, 0.2) is 0 Å². The summed E-state index contributed by atoms with van der Waals surface area (Å²) in [5.74, 6) is -1.76. The molecule has 2 N–H and O–H groups in total. The average Bonchev–Trinajstić information content (AvgIpc) is 2.54. The van der Waals surface area contributed by atoms with Crippen LogP contribution >= 0.6 is 0 Å². The molecule has 0 spiro atoms. The monoisotopic (exact) mass is 373 g/mol. The van der Waals surface area contributed by atoms with Crippen LogP contribution < -0.4 is 34.9 Å². The largest absolute Gasteiger partial charge is 1.00 e. The molecule has 26 heavy (non-hydrogen) atoms. The van der Waals surface area contributed by atoms with Crippen LogP contribution in [0, 0.1) is 0 Å². The standard InChI is InChI=1S/C18H14F3NO3.Na.H/c1-11(12-6-8-13(9-7-12)18(19,20)21)10-16(23)22-15-5-3-2-4-14(15)17(24)25;;/h2-10H,1H3,(H,22,23)(H,24,25);;/q;+1;-1. The van der Waals surface area contributed by atoms with Crippen molar-refractivity contribution < 1.29 is 58.9 Å². The van der Waals surface area contributed by atoms with E-state index >= 15 is 0 Å². The molecule has 0 saturated carbocycles. The number of aromatic carboxylic acids is 1. The van der Waals surface area contributed by atoms with Crippen molar-refractivity contribution in [3.05, 3.63) is 71.3 Å². The number of carbonyl (C=O) groups is 2. The Morgan fingerprint density at radius 3 is 2.19 bits per heavy atom. The summed E-state index contributed by atoms with van der Waals surface area (Å²) in [7, 11) is 0. The molecule has 2 aromatic carbocycles. The summed E-state index contributed by atoms with van der Waals surface area (Å²) in [5, 5.41) is 11.5. The minimum Gasteiger partial charge on any atom is -1.00 e. The van der Waals surface area contributed by atoms with Crippen LogP contribution in [0.3, 0.4) is 0 Å². The van der Waals surface area contributed by atoms with E-state index in [1.165, 1.54) is 36.4 Å². The van der Waals surface area contributed by atoms with Gasteiger partial charge in [0.05, 0.1) is 16.8 Å². The van der Waals surface area contributed by atoms with Gasteiger partial charge in [-0.1, -0.05) is 24.3 Å². The number of carboxylic acid groups (broad SMARTS) is 1. The first-order valence-corrected chi connectivity index (χ1v) is 7.17. The van der Waals surface area contributed by atoms with Crippen molar-refractivity contribution >= 4 is 23.1 Å². The maximum Gasteiger partial charge on any atom is 1.00 e. The SMILES string of the molecule is CC(=CC(=O)Nc1ccccc1C(=O)O)c1ccc(C(F)(F)F)cc1.[H-].[Na+]. The maximum absolute atomic E-state index is 12.5. The smallest absolute Gasteiger partial charge is 1.00 e. The van der Waals surface area contributed by atoms with Crippen molar-refractivity contribution in [3.8, 4) is 0 Å². The van der Waals surface area contributed by atoms with E-state index in [2.05, 4.69) is 5.32 Å². The number of para-hydroxylation sites is 1. The number of carbonyl (C=O) groups excluding carboxylic acids is 1. The summed E-state index contributed by atoms with van der Waals surface area (Å²) in [6.45, 7) is 1.57. The zero-order chi connectivity index (χ0) is 18.6. The van der Waals surface area contributed by atoms with Gasteiger partial charge in [0.1, 0.15) is 0 Å². The van der Waals surface area contributed by atoms with E-state index in [9.17, 15) is 22.8 Å². The average molecular weight is 373 g/mol. The van der Waals surface area contributed by atoms with Gasteiger partial charge in [0, 0.05) is 6.08 Å². The third kappa shape index (κ3) is 5.72.